The summed E-state index contributed by atoms with van der Waals surface area (Å²) in [6.07, 6.45) is 1.40. The van der Waals surface area contributed by atoms with Crippen LogP contribution in [0.15, 0.2) is 41.6 Å². The van der Waals surface area contributed by atoms with Crippen molar-refractivity contribution in [1.29, 1.82) is 0 Å². The van der Waals surface area contributed by atoms with E-state index in [1.54, 1.807) is 7.05 Å². The molecule has 3 aromatic rings. The summed E-state index contributed by atoms with van der Waals surface area (Å²) in [6.45, 7) is 0. The van der Waals surface area contributed by atoms with Crippen molar-refractivity contribution in [2.75, 3.05) is 19.9 Å². The van der Waals surface area contributed by atoms with Crippen LogP contribution in [0.5, 0.6) is 0 Å². The molecule has 9 nitrogen and oxygen atoms in total. The predicted octanol–water partition coefficient (Wildman–Crippen LogP) is 1.02. The number of hydrogen-bond donors (Lipinski definition) is 4. The molecular weight excluding hydrogens is 334 g/mol. The highest BCUT2D eigenvalue weighted by Crippen LogP contribution is 2.29. The van der Waals surface area contributed by atoms with Crippen molar-refractivity contribution in [2.24, 2.45) is 16.7 Å². The molecule has 2 heterocycles. The third kappa shape index (κ3) is 3.15. The number of anilines is 1. The van der Waals surface area contributed by atoms with Gasteiger partial charge in [-0.3, -0.25) is 0 Å². The van der Waals surface area contributed by atoms with E-state index >= 15 is 0 Å². The van der Waals surface area contributed by atoms with E-state index in [-0.39, 0.29) is 5.84 Å². The van der Waals surface area contributed by atoms with Crippen molar-refractivity contribution in [1.82, 2.24) is 15.1 Å². The van der Waals surface area contributed by atoms with Gasteiger partial charge in [-0.15, -0.1) is 5.10 Å². The molecule has 0 atom stereocenters. The van der Waals surface area contributed by atoms with E-state index < -0.39 is 5.97 Å². The standard InChI is InChI=1S/C17H19N7O2/c1-24(20)23-15(18)10-5-3-4-9(6-10)13-7-11-12(17(25)26-2)8-21-16(19)14(11)22-13/h3-8,22H,20H2,1-2H3,(H2,18,23)(H2,19,21). The van der Waals surface area contributed by atoms with E-state index in [9.17, 15) is 4.79 Å². The van der Waals surface area contributed by atoms with E-state index in [1.165, 1.54) is 13.3 Å². The van der Waals surface area contributed by atoms with Crippen LogP contribution in [0.3, 0.4) is 0 Å². The summed E-state index contributed by atoms with van der Waals surface area (Å²) >= 11 is 0. The molecule has 134 valence electrons. The maximum Gasteiger partial charge on any atom is 0.340 e. The zero-order valence-electron chi connectivity index (χ0n) is 14.4. The Morgan fingerprint density at radius 2 is 2.12 bits per heavy atom. The number of nitrogens with zero attached hydrogens (tertiary/aromatic N) is 3. The third-order valence-electron chi connectivity index (χ3n) is 3.84. The number of carbonyl (C=O) groups is 1. The second-order valence-electron chi connectivity index (χ2n) is 5.66. The number of nitrogens with two attached hydrogens (primary N) is 3. The number of fused-ring (bicyclic) bond motifs is 1. The summed E-state index contributed by atoms with van der Waals surface area (Å²) in [7, 11) is 2.90. The first-order valence-corrected chi connectivity index (χ1v) is 7.69. The van der Waals surface area contributed by atoms with Crippen molar-refractivity contribution in [3.05, 3.63) is 47.7 Å². The molecule has 9 heteroatoms. The number of methoxy groups -OCH3 is 1. The average Bonchev–Trinajstić information content (AvgIpc) is 3.07. The van der Waals surface area contributed by atoms with Gasteiger partial charge in [-0.2, -0.15) is 0 Å². The maximum atomic E-state index is 12.0. The lowest BCUT2D eigenvalue weighted by molar-refractivity contribution is 0.0602. The Morgan fingerprint density at radius 1 is 1.35 bits per heavy atom. The van der Waals surface area contributed by atoms with E-state index in [1.807, 2.05) is 30.3 Å². The van der Waals surface area contributed by atoms with Gasteiger partial charge in [0.15, 0.2) is 5.84 Å². The van der Waals surface area contributed by atoms with Crippen LogP contribution < -0.4 is 17.3 Å². The molecule has 2 aromatic heterocycles. The number of benzene rings is 1. The van der Waals surface area contributed by atoms with Crippen LogP contribution in [0.25, 0.3) is 22.2 Å². The van der Waals surface area contributed by atoms with E-state index in [0.717, 1.165) is 16.4 Å². The number of amidine groups is 1. The molecule has 0 amide bonds. The first-order chi connectivity index (χ1) is 12.4. The van der Waals surface area contributed by atoms with Gasteiger partial charge in [0.2, 0.25) is 0 Å². The first-order valence-electron chi connectivity index (χ1n) is 7.69. The molecule has 0 radical (unpaired) electrons. The normalized spacial score (nSPS) is 11.6. The predicted molar refractivity (Wildman–Crippen MR) is 100.0 cm³/mol. The second-order valence-corrected chi connectivity index (χ2v) is 5.66. The highest BCUT2D eigenvalue weighted by molar-refractivity contribution is 6.07. The summed E-state index contributed by atoms with van der Waals surface area (Å²) in [5, 5.41) is 5.76. The first kappa shape index (κ1) is 17.2. The molecule has 0 saturated carbocycles. The SMILES string of the molecule is COC(=O)c1cnc(N)c2[nH]c(-c3cccc(/C(N)=N/N(C)N)c3)cc12. The number of esters is 1. The monoisotopic (exact) mass is 353 g/mol. The summed E-state index contributed by atoms with van der Waals surface area (Å²) in [5.41, 5.74) is 15.1. The fraction of sp³-hybridized carbons (Fsp3) is 0.118. The summed E-state index contributed by atoms with van der Waals surface area (Å²) in [6, 6.07) is 9.24. The number of nitrogen functional groups attached to an aromatic ring is 1. The number of pyridine rings is 1. The number of hydrazone groups is 1. The molecule has 0 aliphatic carbocycles. The quantitative estimate of drug-likeness (QED) is 0.180. The van der Waals surface area contributed by atoms with Crippen LogP contribution in [0.4, 0.5) is 5.82 Å². The van der Waals surface area contributed by atoms with Crippen molar-refractivity contribution < 1.29 is 9.53 Å². The van der Waals surface area contributed by atoms with Crippen LogP contribution in [0.2, 0.25) is 0 Å². The average molecular weight is 353 g/mol. The van der Waals surface area contributed by atoms with Crippen LogP contribution in [0, 0.1) is 0 Å². The molecule has 0 bridgehead atoms. The molecular formula is C17H19N7O2. The molecule has 0 unspecified atom stereocenters. The van der Waals surface area contributed by atoms with Crippen molar-refractivity contribution in [3.8, 4) is 11.3 Å². The Kier molecular flexibility index (Phi) is 4.46. The lowest BCUT2D eigenvalue weighted by Gasteiger charge is -2.07. The molecule has 0 aliphatic rings. The number of carbonyl (C=O) groups excluding carboxylic acids is 1. The maximum absolute atomic E-state index is 12.0. The third-order valence-corrected chi connectivity index (χ3v) is 3.84. The topological polar surface area (TPSA) is 149 Å². The molecule has 7 N–H and O–H groups in total. The molecule has 26 heavy (non-hydrogen) atoms. The smallest absolute Gasteiger partial charge is 0.340 e. The largest absolute Gasteiger partial charge is 0.465 e. The fourth-order valence-electron chi connectivity index (χ4n) is 2.64. The summed E-state index contributed by atoms with van der Waals surface area (Å²) < 4.78 is 4.80. The fourth-order valence-corrected chi connectivity index (χ4v) is 2.64. The van der Waals surface area contributed by atoms with Gasteiger partial charge in [0.25, 0.3) is 0 Å². The molecule has 3 rings (SSSR count). The van der Waals surface area contributed by atoms with Gasteiger partial charge in [-0.25, -0.2) is 20.7 Å². The zero-order valence-corrected chi connectivity index (χ0v) is 14.4. The van der Waals surface area contributed by atoms with Crippen LogP contribution in [-0.2, 0) is 4.74 Å². The van der Waals surface area contributed by atoms with Gasteiger partial charge in [-0.1, -0.05) is 18.2 Å². The van der Waals surface area contributed by atoms with Crippen LogP contribution in [0.1, 0.15) is 15.9 Å². The minimum Gasteiger partial charge on any atom is -0.465 e. The number of rotatable bonds is 4. The summed E-state index contributed by atoms with van der Waals surface area (Å²) in [4.78, 5) is 19.2. The molecule has 1 aromatic carbocycles. The zero-order chi connectivity index (χ0) is 18.8. The Bertz CT molecular complexity index is 1010. The van der Waals surface area contributed by atoms with Gasteiger partial charge in [0.1, 0.15) is 5.82 Å². The van der Waals surface area contributed by atoms with Crippen molar-refractivity contribution in [3.63, 3.8) is 0 Å². The number of hydrogen-bond acceptors (Lipinski definition) is 7. The van der Waals surface area contributed by atoms with Crippen molar-refractivity contribution >= 4 is 28.5 Å². The van der Waals surface area contributed by atoms with Crippen LogP contribution >= 0.6 is 0 Å². The minimum absolute atomic E-state index is 0.282. The van der Waals surface area contributed by atoms with Crippen molar-refractivity contribution in [2.45, 2.75) is 0 Å². The van der Waals surface area contributed by atoms with E-state index in [4.69, 9.17) is 22.0 Å². The number of aromatic amines is 1. The summed E-state index contributed by atoms with van der Waals surface area (Å²) in [5.74, 6) is 5.59. The second kappa shape index (κ2) is 6.73. The Hall–Kier alpha value is -3.59. The molecule has 0 fully saturated rings. The van der Waals surface area contributed by atoms with Gasteiger partial charge < -0.3 is 21.2 Å². The number of ether oxygens (including phenoxy) is 1. The highest BCUT2D eigenvalue weighted by Gasteiger charge is 2.16. The van der Waals surface area contributed by atoms with Gasteiger partial charge in [0.05, 0.1) is 18.2 Å². The minimum atomic E-state index is -0.482. The Morgan fingerprint density at radius 3 is 2.81 bits per heavy atom. The van der Waals surface area contributed by atoms with Gasteiger partial charge in [-0.05, 0) is 17.7 Å². The van der Waals surface area contributed by atoms with E-state index in [2.05, 4.69) is 15.1 Å². The van der Waals surface area contributed by atoms with Gasteiger partial charge >= 0.3 is 5.97 Å². The number of H-pyrrole nitrogens is 1. The van der Waals surface area contributed by atoms with E-state index in [0.29, 0.717) is 27.8 Å². The Labute approximate surface area is 149 Å². The highest BCUT2D eigenvalue weighted by atomic mass is 16.5. The van der Waals surface area contributed by atoms with Gasteiger partial charge in [0, 0.05) is 29.9 Å². The number of aromatic nitrogens is 2. The number of hydrazine groups is 1. The molecule has 0 saturated heterocycles. The number of nitrogens with one attached hydrogen (secondary N) is 1. The lowest BCUT2D eigenvalue weighted by Crippen LogP contribution is -2.25. The van der Waals surface area contributed by atoms with Crippen LogP contribution in [-0.4, -0.2) is 41.0 Å². The molecule has 0 aliphatic heterocycles. The lowest BCUT2D eigenvalue weighted by atomic mass is 10.1. The molecule has 0 spiro atoms. The Balaban J connectivity index is 2.12.